The summed E-state index contributed by atoms with van der Waals surface area (Å²) in [5, 5.41) is 16.6. The second-order valence-corrected chi connectivity index (χ2v) is 8.54. The molecule has 4 fully saturated rings. The van der Waals surface area contributed by atoms with Gasteiger partial charge in [0.05, 0.1) is 17.3 Å². The monoisotopic (exact) mass is 348 g/mol. The van der Waals surface area contributed by atoms with E-state index >= 15 is 0 Å². The average Bonchev–Trinajstić information content (AvgIpc) is 3.10. The first kappa shape index (κ1) is 15.1. The van der Waals surface area contributed by atoms with Crippen LogP contribution in [0.25, 0.3) is 11.3 Å². The van der Waals surface area contributed by atoms with Crippen molar-refractivity contribution in [3.05, 3.63) is 35.2 Å². The molecule has 0 radical (unpaired) electrons. The van der Waals surface area contributed by atoms with Crippen LogP contribution < -0.4 is 5.43 Å². The summed E-state index contributed by atoms with van der Waals surface area (Å²) in [4.78, 5) is 4.66. The van der Waals surface area contributed by atoms with E-state index in [1.807, 2.05) is 29.6 Å². The third-order valence-corrected chi connectivity index (χ3v) is 6.82. The molecule has 0 saturated heterocycles. The smallest absolute Gasteiger partial charge is 0.203 e. The normalized spacial score (nSPS) is 29.5. The molecule has 0 atom stereocenters. The highest BCUT2D eigenvalue weighted by Crippen LogP contribution is 2.52. The Morgan fingerprint density at radius 3 is 2.36 bits per heavy atom. The Hall–Kier alpha value is -2.19. The third kappa shape index (κ3) is 2.75. The van der Waals surface area contributed by atoms with E-state index in [9.17, 15) is 0 Å². The first-order chi connectivity index (χ1) is 12.3. The highest BCUT2D eigenvalue weighted by Gasteiger charge is 2.46. The number of nitrogens with zero attached hydrogens (tertiary/aromatic N) is 3. The summed E-state index contributed by atoms with van der Waals surface area (Å²) < 4.78 is 0. The molecular formula is C20H20N4S. The lowest BCUT2D eigenvalue weighted by atomic mass is 9.55. The van der Waals surface area contributed by atoms with Gasteiger partial charge in [0.15, 0.2) is 0 Å². The van der Waals surface area contributed by atoms with E-state index in [0.717, 1.165) is 28.2 Å². The van der Waals surface area contributed by atoms with Gasteiger partial charge in [0, 0.05) is 16.7 Å². The maximum absolute atomic E-state index is 8.90. The molecule has 25 heavy (non-hydrogen) atoms. The molecule has 4 aliphatic carbocycles. The predicted octanol–water partition coefficient (Wildman–Crippen LogP) is 4.91. The van der Waals surface area contributed by atoms with Crippen LogP contribution in [0.15, 0.2) is 34.7 Å². The molecule has 4 saturated carbocycles. The van der Waals surface area contributed by atoms with Crippen LogP contribution in [0, 0.1) is 35.0 Å². The van der Waals surface area contributed by atoms with Crippen LogP contribution >= 0.6 is 11.3 Å². The first-order valence-corrected chi connectivity index (χ1v) is 9.96. The van der Waals surface area contributed by atoms with Crippen LogP contribution in [-0.2, 0) is 0 Å². The maximum atomic E-state index is 8.90. The Labute approximate surface area is 151 Å². The van der Waals surface area contributed by atoms with Crippen molar-refractivity contribution in [2.45, 2.75) is 32.1 Å². The van der Waals surface area contributed by atoms with Gasteiger partial charge in [-0.1, -0.05) is 12.1 Å². The minimum absolute atomic E-state index is 0.672. The molecule has 2 aromatic rings. The van der Waals surface area contributed by atoms with Gasteiger partial charge in [0.2, 0.25) is 5.13 Å². The topological polar surface area (TPSA) is 61.1 Å². The Morgan fingerprint density at radius 2 is 1.72 bits per heavy atom. The lowest BCUT2D eigenvalue weighted by molar-refractivity contribution is 0.108. The number of aromatic nitrogens is 1. The van der Waals surface area contributed by atoms with Crippen molar-refractivity contribution in [3.8, 4) is 17.3 Å². The van der Waals surface area contributed by atoms with E-state index in [2.05, 4.69) is 16.5 Å². The predicted molar refractivity (Wildman–Crippen MR) is 100 cm³/mol. The molecule has 1 heterocycles. The van der Waals surface area contributed by atoms with Gasteiger partial charge in [0.1, 0.15) is 0 Å². The van der Waals surface area contributed by atoms with Crippen LogP contribution in [0.1, 0.15) is 37.7 Å². The molecular weight excluding hydrogens is 328 g/mol. The third-order valence-electron chi connectivity index (χ3n) is 6.07. The maximum Gasteiger partial charge on any atom is 0.203 e. The van der Waals surface area contributed by atoms with E-state index in [0.29, 0.717) is 17.4 Å². The quantitative estimate of drug-likeness (QED) is 0.802. The van der Waals surface area contributed by atoms with Crippen LogP contribution in [0.3, 0.4) is 0 Å². The van der Waals surface area contributed by atoms with Crippen molar-refractivity contribution >= 4 is 22.2 Å². The van der Waals surface area contributed by atoms with Crippen LogP contribution in [0.2, 0.25) is 0 Å². The molecule has 1 aromatic carbocycles. The van der Waals surface area contributed by atoms with Gasteiger partial charge in [0.25, 0.3) is 0 Å². The summed E-state index contributed by atoms with van der Waals surface area (Å²) >= 11 is 1.59. The molecule has 0 unspecified atom stereocenters. The van der Waals surface area contributed by atoms with E-state index < -0.39 is 0 Å². The number of benzene rings is 1. The number of hydrogen-bond donors (Lipinski definition) is 1. The van der Waals surface area contributed by atoms with Crippen molar-refractivity contribution in [2.24, 2.45) is 28.8 Å². The molecule has 4 bridgehead atoms. The fourth-order valence-corrected chi connectivity index (χ4v) is 5.80. The van der Waals surface area contributed by atoms with Crippen molar-refractivity contribution < 1.29 is 0 Å². The van der Waals surface area contributed by atoms with Gasteiger partial charge in [-0.15, -0.1) is 11.3 Å². The number of thiazole rings is 1. The van der Waals surface area contributed by atoms with Crippen LogP contribution in [0.5, 0.6) is 0 Å². The van der Waals surface area contributed by atoms with Gasteiger partial charge in [-0.2, -0.15) is 10.4 Å². The number of hydrogen-bond acceptors (Lipinski definition) is 5. The second-order valence-electron chi connectivity index (χ2n) is 7.68. The van der Waals surface area contributed by atoms with Gasteiger partial charge in [-0.3, -0.25) is 5.43 Å². The summed E-state index contributed by atoms with van der Waals surface area (Å²) in [6.45, 7) is 0. The number of hydrazone groups is 1. The summed E-state index contributed by atoms with van der Waals surface area (Å²) in [5.41, 5.74) is 7.27. The summed E-state index contributed by atoms with van der Waals surface area (Å²) in [6.07, 6.45) is 6.86. The molecule has 4 aliphatic rings. The van der Waals surface area contributed by atoms with Crippen molar-refractivity contribution in [3.63, 3.8) is 0 Å². The largest absolute Gasteiger partial charge is 0.253 e. The fraction of sp³-hybridized carbons (Fsp3) is 0.450. The Morgan fingerprint density at radius 1 is 1.04 bits per heavy atom. The van der Waals surface area contributed by atoms with Gasteiger partial charge in [-0.25, -0.2) is 4.98 Å². The molecule has 6 rings (SSSR count). The average molecular weight is 348 g/mol. The highest BCUT2D eigenvalue weighted by molar-refractivity contribution is 7.14. The van der Waals surface area contributed by atoms with Crippen LogP contribution in [-0.4, -0.2) is 10.7 Å². The number of rotatable bonds is 3. The molecule has 0 spiro atoms. The number of nitriles is 1. The number of anilines is 1. The van der Waals surface area contributed by atoms with Crippen molar-refractivity contribution in [2.75, 3.05) is 5.43 Å². The highest BCUT2D eigenvalue weighted by atomic mass is 32.1. The standard InChI is InChI=1S/C20H20N4S/c21-10-12-1-3-15(4-2-12)18-11-25-20(22-18)24-23-19-16-6-13-5-14(8-16)9-17(19)7-13/h1-4,11,13-14,16-17H,5-9H2,(H,22,24). The van der Waals surface area contributed by atoms with E-state index in [-0.39, 0.29) is 0 Å². The SMILES string of the molecule is N#Cc1ccc(-c2csc(NN=C3C4CC5CC(C4)CC3C5)n2)cc1. The molecule has 4 nitrogen and oxygen atoms in total. The van der Waals surface area contributed by atoms with E-state index in [4.69, 9.17) is 10.4 Å². The van der Waals surface area contributed by atoms with E-state index in [1.54, 1.807) is 11.3 Å². The van der Waals surface area contributed by atoms with Crippen molar-refractivity contribution in [1.82, 2.24) is 4.98 Å². The number of nitrogens with one attached hydrogen (secondary N) is 1. The minimum atomic E-state index is 0.672. The zero-order valence-corrected chi connectivity index (χ0v) is 14.8. The zero-order chi connectivity index (χ0) is 16.8. The van der Waals surface area contributed by atoms with Gasteiger partial charge in [-0.05, 0) is 67.9 Å². The molecule has 0 amide bonds. The molecule has 0 aliphatic heterocycles. The second kappa shape index (κ2) is 5.96. The minimum Gasteiger partial charge on any atom is -0.253 e. The molecule has 1 aromatic heterocycles. The zero-order valence-electron chi connectivity index (χ0n) is 14.0. The molecule has 1 N–H and O–H groups in total. The summed E-state index contributed by atoms with van der Waals surface area (Å²) in [6, 6.07) is 9.70. The summed E-state index contributed by atoms with van der Waals surface area (Å²) in [7, 11) is 0. The van der Waals surface area contributed by atoms with Crippen molar-refractivity contribution in [1.29, 1.82) is 5.26 Å². The lowest BCUT2D eigenvalue weighted by Gasteiger charge is -2.50. The van der Waals surface area contributed by atoms with E-state index in [1.165, 1.54) is 37.8 Å². The Bertz CT molecular complexity index is 829. The molecule has 5 heteroatoms. The summed E-state index contributed by atoms with van der Waals surface area (Å²) in [5.74, 6) is 3.34. The Kier molecular flexibility index (Phi) is 3.60. The van der Waals surface area contributed by atoms with Gasteiger partial charge < -0.3 is 0 Å². The van der Waals surface area contributed by atoms with Gasteiger partial charge >= 0.3 is 0 Å². The Balaban J connectivity index is 1.32. The lowest BCUT2D eigenvalue weighted by Crippen LogP contribution is -2.45. The fourth-order valence-electron chi connectivity index (χ4n) is 5.14. The molecule has 126 valence electrons. The first-order valence-electron chi connectivity index (χ1n) is 9.08. The van der Waals surface area contributed by atoms with Crippen LogP contribution in [0.4, 0.5) is 5.13 Å².